The highest BCUT2D eigenvalue weighted by atomic mass is 32.2. The highest BCUT2D eigenvalue weighted by Gasteiger charge is 2.34. The zero-order chi connectivity index (χ0) is 16.7. The number of amides is 1. The smallest absolute Gasteiger partial charge is 0.256 e. The summed E-state index contributed by atoms with van der Waals surface area (Å²) in [5.74, 6) is 1.10. The largest absolute Gasteiger partial charge is 0.307 e. The van der Waals surface area contributed by atoms with Crippen LogP contribution in [0.15, 0.2) is 36.4 Å². The molecule has 1 amide bonds. The SMILES string of the molecule is O=C(Nc1cc(C2CC2)nn1[C@@H]1CCS(=O)(=O)C1)c1ccccc1. The normalized spacial score (nSPS) is 22.4. The average Bonchev–Trinajstić information content (AvgIpc) is 3.24. The number of anilines is 1. The number of rotatable bonds is 4. The van der Waals surface area contributed by atoms with E-state index in [2.05, 4.69) is 10.4 Å². The van der Waals surface area contributed by atoms with Crippen molar-refractivity contribution in [2.24, 2.45) is 0 Å². The molecular formula is C17H19N3O3S. The van der Waals surface area contributed by atoms with Gasteiger partial charge in [0, 0.05) is 17.5 Å². The second-order valence-corrected chi connectivity index (χ2v) is 8.78. The maximum atomic E-state index is 12.4. The van der Waals surface area contributed by atoms with Gasteiger partial charge in [0.05, 0.1) is 23.2 Å². The molecular weight excluding hydrogens is 326 g/mol. The molecule has 1 atom stereocenters. The zero-order valence-electron chi connectivity index (χ0n) is 13.2. The van der Waals surface area contributed by atoms with Gasteiger partial charge >= 0.3 is 0 Å². The van der Waals surface area contributed by atoms with Crippen molar-refractivity contribution in [3.05, 3.63) is 47.7 Å². The molecule has 2 heterocycles. The molecule has 2 fully saturated rings. The van der Waals surface area contributed by atoms with Gasteiger partial charge in [0.15, 0.2) is 9.84 Å². The molecule has 126 valence electrons. The van der Waals surface area contributed by atoms with Crippen LogP contribution in [0.3, 0.4) is 0 Å². The Balaban J connectivity index is 1.63. The van der Waals surface area contributed by atoms with Crippen molar-refractivity contribution in [1.29, 1.82) is 0 Å². The Bertz CT molecular complexity index is 870. The van der Waals surface area contributed by atoms with E-state index < -0.39 is 9.84 Å². The van der Waals surface area contributed by atoms with Gasteiger partial charge in [-0.05, 0) is 31.4 Å². The van der Waals surface area contributed by atoms with E-state index in [1.807, 2.05) is 24.3 Å². The first-order valence-corrected chi connectivity index (χ1v) is 10.0. The summed E-state index contributed by atoms with van der Waals surface area (Å²) in [6.45, 7) is 0. The third-order valence-electron chi connectivity index (χ3n) is 4.58. The standard InChI is InChI=1S/C17H19N3O3S/c21-17(13-4-2-1-3-5-13)18-16-10-15(12-6-7-12)19-20(16)14-8-9-24(22,23)11-14/h1-5,10,12,14H,6-9,11H2,(H,18,21)/t14-/m1/s1. The van der Waals surface area contributed by atoms with Crippen molar-refractivity contribution in [2.75, 3.05) is 16.8 Å². The van der Waals surface area contributed by atoms with Gasteiger partial charge in [-0.1, -0.05) is 18.2 Å². The second-order valence-electron chi connectivity index (χ2n) is 6.55. The highest BCUT2D eigenvalue weighted by molar-refractivity contribution is 7.91. The summed E-state index contributed by atoms with van der Waals surface area (Å²) in [5.41, 5.74) is 1.51. The van der Waals surface area contributed by atoms with Crippen LogP contribution < -0.4 is 5.32 Å². The van der Waals surface area contributed by atoms with Crippen molar-refractivity contribution >= 4 is 21.6 Å². The van der Waals surface area contributed by atoms with Crippen molar-refractivity contribution in [2.45, 2.75) is 31.2 Å². The summed E-state index contributed by atoms with van der Waals surface area (Å²) in [5, 5.41) is 7.50. The van der Waals surface area contributed by atoms with E-state index in [0.717, 1.165) is 18.5 Å². The Labute approximate surface area is 140 Å². The quantitative estimate of drug-likeness (QED) is 0.922. The van der Waals surface area contributed by atoms with E-state index in [9.17, 15) is 13.2 Å². The predicted octanol–water partition coefficient (Wildman–Crippen LogP) is 2.37. The third-order valence-corrected chi connectivity index (χ3v) is 6.33. The van der Waals surface area contributed by atoms with Crippen LogP contribution in [0.2, 0.25) is 0 Å². The molecule has 24 heavy (non-hydrogen) atoms. The molecule has 2 aliphatic rings. The van der Waals surface area contributed by atoms with E-state index in [-0.39, 0.29) is 23.5 Å². The Morgan fingerprint density at radius 2 is 1.92 bits per heavy atom. The molecule has 1 aromatic heterocycles. The fourth-order valence-electron chi connectivity index (χ4n) is 3.11. The first-order valence-electron chi connectivity index (χ1n) is 8.18. The second kappa shape index (κ2) is 5.73. The van der Waals surface area contributed by atoms with E-state index in [0.29, 0.717) is 23.7 Å². The number of nitrogens with zero attached hydrogens (tertiary/aromatic N) is 2. The van der Waals surface area contributed by atoms with E-state index in [1.165, 1.54) is 0 Å². The van der Waals surface area contributed by atoms with E-state index in [4.69, 9.17) is 0 Å². The molecule has 0 radical (unpaired) electrons. The van der Waals surface area contributed by atoms with Crippen LogP contribution in [-0.4, -0.2) is 35.6 Å². The zero-order valence-corrected chi connectivity index (χ0v) is 14.0. The molecule has 2 aromatic rings. The Morgan fingerprint density at radius 1 is 1.17 bits per heavy atom. The molecule has 0 spiro atoms. The van der Waals surface area contributed by atoms with Crippen LogP contribution >= 0.6 is 0 Å². The van der Waals surface area contributed by atoms with Crippen LogP contribution in [0.5, 0.6) is 0 Å². The molecule has 1 aliphatic carbocycles. The number of hydrogen-bond acceptors (Lipinski definition) is 4. The third kappa shape index (κ3) is 3.08. The maximum Gasteiger partial charge on any atom is 0.256 e. The van der Waals surface area contributed by atoms with Crippen molar-refractivity contribution in [3.8, 4) is 0 Å². The maximum absolute atomic E-state index is 12.4. The van der Waals surface area contributed by atoms with Crippen LogP contribution in [0, 0.1) is 0 Å². The van der Waals surface area contributed by atoms with Crippen LogP contribution in [-0.2, 0) is 9.84 Å². The molecule has 1 aromatic carbocycles. The van der Waals surface area contributed by atoms with Gasteiger partial charge < -0.3 is 5.32 Å². The average molecular weight is 345 g/mol. The Morgan fingerprint density at radius 3 is 2.54 bits per heavy atom. The van der Waals surface area contributed by atoms with Crippen molar-refractivity contribution < 1.29 is 13.2 Å². The van der Waals surface area contributed by atoms with Crippen molar-refractivity contribution in [3.63, 3.8) is 0 Å². The summed E-state index contributed by atoms with van der Waals surface area (Å²) >= 11 is 0. The lowest BCUT2D eigenvalue weighted by Crippen LogP contribution is -2.19. The van der Waals surface area contributed by atoms with Gasteiger partial charge in [-0.2, -0.15) is 5.10 Å². The molecule has 0 unspecified atom stereocenters. The monoisotopic (exact) mass is 345 g/mol. The van der Waals surface area contributed by atoms with Gasteiger partial charge in [-0.25, -0.2) is 13.1 Å². The minimum atomic E-state index is -3.01. The van der Waals surface area contributed by atoms with Gasteiger partial charge in [-0.15, -0.1) is 0 Å². The molecule has 1 saturated heterocycles. The number of carbonyl (C=O) groups excluding carboxylic acids is 1. The minimum absolute atomic E-state index is 0.0903. The summed E-state index contributed by atoms with van der Waals surface area (Å²) in [6.07, 6.45) is 2.75. The molecule has 1 N–H and O–H groups in total. The lowest BCUT2D eigenvalue weighted by molar-refractivity contribution is 0.102. The number of nitrogens with one attached hydrogen (secondary N) is 1. The van der Waals surface area contributed by atoms with Crippen LogP contribution in [0.25, 0.3) is 0 Å². The highest BCUT2D eigenvalue weighted by Crippen LogP contribution is 2.41. The molecule has 4 rings (SSSR count). The number of sulfone groups is 1. The Hall–Kier alpha value is -2.15. The lowest BCUT2D eigenvalue weighted by Gasteiger charge is -2.13. The van der Waals surface area contributed by atoms with Crippen LogP contribution in [0.1, 0.15) is 47.3 Å². The lowest BCUT2D eigenvalue weighted by atomic mass is 10.2. The Kier molecular flexibility index (Phi) is 3.68. The minimum Gasteiger partial charge on any atom is -0.307 e. The van der Waals surface area contributed by atoms with Gasteiger partial charge in [0.1, 0.15) is 5.82 Å². The predicted molar refractivity (Wildman–Crippen MR) is 90.9 cm³/mol. The topological polar surface area (TPSA) is 81.1 Å². The number of benzene rings is 1. The molecule has 0 bridgehead atoms. The number of aromatic nitrogens is 2. The van der Waals surface area contributed by atoms with Crippen molar-refractivity contribution in [1.82, 2.24) is 9.78 Å². The molecule has 6 nitrogen and oxygen atoms in total. The number of carbonyl (C=O) groups is 1. The fourth-order valence-corrected chi connectivity index (χ4v) is 4.80. The van der Waals surface area contributed by atoms with Crippen LogP contribution in [0.4, 0.5) is 5.82 Å². The van der Waals surface area contributed by atoms with E-state index in [1.54, 1.807) is 16.8 Å². The summed E-state index contributed by atoms with van der Waals surface area (Å²) < 4.78 is 25.3. The first kappa shape index (κ1) is 15.4. The summed E-state index contributed by atoms with van der Waals surface area (Å²) in [4.78, 5) is 12.4. The van der Waals surface area contributed by atoms with Gasteiger partial charge in [0.2, 0.25) is 0 Å². The first-order chi connectivity index (χ1) is 11.5. The van der Waals surface area contributed by atoms with E-state index >= 15 is 0 Å². The fraction of sp³-hybridized carbons (Fsp3) is 0.412. The number of hydrogen-bond donors (Lipinski definition) is 1. The summed E-state index contributed by atoms with van der Waals surface area (Å²) in [6, 6.07) is 10.7. The van der Waals surface area contributed by atoms with Gasteiger partial charge in [0.25, 0.3) is 5.91 Å². The molecule has 1 aliphatic heterocycles. The van der Waals surface area contributed by atoms with Gasteiger partial charge in [-0.3, -0.25) is 4.79 Å². The summed E-state index contributed by atoms with van der Waals surface area (Å²) in [7, 11) is -3.01. The molecule has 1 saturated carbocycles. The molecule has 7 heteroatoms.